The Hall–Kier alpha value is -3.06. The van der Waals surface area contributed by atoms with Crippen molar-refractivity contribution in [1.29, 1.82) is 0 Å². The molecule has 3 aromatic rings. The van der Waals surface area contributed by atoms with Crippen molar-refractivity contribution in [2.75, 3.05) is 23.8 Å². The minimum Gasteiger partial charge on any atom is -0.395 e. The molecule has 0 saturated heterocycles. The molecule has 6 nitrogen and oxygen atoms in total. The molecule has 0 aliphatic heterocycles. The van der Waals surface area contributed by atoms with Crippen LogP contribution in [0.3, 0.4) is 0 Å². The molecule has 3 N–H and O–H groups in total. The van der Waals surface area contributed by atoms with E-state index in [-0.39, 0.29) is 12.4 Å². The summed E-state index contributed by atoms with van der Waals surface area (Å²) >= 11 is 0. The van der Waals surface area contributed by atoms with Gasteiger partial charge in [-0.15, -0.1) is 0 Å². The van der Waals surface area contributed by atoms with Crippen LogP contribution in [0.2, 0.25) is 0 Å². The van der Waals surface area contributed by atoms with Gasteiger partial charge >= 0.3 is 0 Å². The number of pyridine rings is 1. The summed E-state index contributed by atoms with van der Waals surface area (Å²) < 4.78 is 13.0. The van der Waals surface area contributed by atoms with Gasteiger partial charge in [0.15, 0.2) is 0 Å². The van der Waals surface area contributed by atoms with Crippen molar-refractivity contribution in [2.24, 2.45) is 0 Å². The summed E-state index contributed by atoms with van der Waals surface area (Å²) in [5.41, 5.74) is 2.51. The lowest BCUT2D eigenvalue weighted by atomic mass is 10.2. The predicted molar refractivity (Wildman–Crippen MR) is 94.6 cm³/mol. The Bertz CT molecular complexity index is 811. The van der Waals surface area contributed by atoms with E-state index < -0.39 is 0 Å². The molecule has 0 spiro atoms. The Morgan fingerprint density at radius 3 is 2.60 bits per heavy atom. The third-order valence-electron chi connectivity index (χ3n) is 3.47. The van der Waals surface area contributed by atoms with Gasteiger partial charge in [0.1, 0.15) is 11.6 Å². The number of anilines is 2. The van der Waals surface area contributed by atoms with Crippen molar-refractivity contribution in [3.63, 3.8) is 0 Å². The monoisotopic (exact) mass is 339 g/mol. The fourth-order valence-corrected chi connectivity index (χ4v) is 2.24. The standard InChI is InChI=1S/C18H18FN5O/c19-15-5-3-13(4-6-15)11-22-17-10-16(14-2-1-7-20-12-14)23-18(24-17)21-8-9-25/h1-7,10,12,25H,8-9,11H2,(H2,21,22,23,24). The van der Waals surface area contributed by atoms with Crippen LogP contribution in [0.5, 0.6) is 0 Å². The summed E-state index contributed by atoms with van der Waals surface area (Å²) in [7, 11) is 0. The van der Waals surface area contributed by atoms with E-state index in [0.717, 1.165) is 11.1 Å². The van der Waals surface area contributed by atoms with Crippen LogP contribution in [0.25, 0.3) is 11.3 Å². The lowest BCUT2D eigenvalue weighted by Crippen LogP contribution is -2.11. The van der Waals surface area contributed by atoms with Crippen molar-refractivity contribution in [3.05, 3.63) is 66.2 Å². The molecule has 0 fully saturated rings. The lowest BCUT2D eigenvalue weighted by molar-refractivity contribution is 0.311. The summed E-state index contributed by atoms with van der Waals surface area (Å²) in [6.07, 6.45) is 3.42. The largest absolute Gasteiger partial charge is 0.395 e. The normalized spacial score (nSPS) is 10.5. The molecule has 0 saturated carbocycles. The van der Waals surface area contributed by atoms with E-state index in [1.165, 1.54) is 12.1 Å². The van der Waals surface area contributed by atoms with Crippen LogP contribution in [0.1, 0.15) is 5.56 Å². The van der Waals surface area contributed by atoms with E-state index in [1.807, 2.05) is 18.2 Å². The van der Waals surface area contributed by atoms with E-state index in [2.05, 4.69) is 25.6 Å². The first-order valence-corrected chi connectivity index (χ1v) is 7.87. The summed E-state index contributed by atoms with van der Waals surface area (Å²) in [6, 6.07) is 11.9. The molecule has 128 valence electrons. The predicted octanol–water partition coefficient (Wildman–Crippen LogP) is 2.69. The lowest BCUT2D eigenvalue weighted by Gasteiger charge is -2.11. The first-order chi connectivity index (χ1) is 12.2. The molecular formula is C18H18FN5O. The zero-order valence-corrected chi connectivity index (χ0v) is 13.5. The molecule has 7 heteroatoms. The first-order valence-electron chi connectivity index (χ1n) is 7.87. The van der Waals surface area contributed by atoms with E-state index in [9.17, 15) is 4.39 Å². The first kappa shape index (κ1) is 16.8. The number of hydrogen-bond donors (Lipinski definition) is 3. The summed E-state index contributed by atoms with van der Waals surface area (Å²) in [4.78, 5) is 12.9. The van der Waals surface area contributed by atoms with Crippen LogP contribution in [-0.2, 0) is 6.54 Å². The maximum absolute atomic E-state index is 13.0. The molecule has 0 atom stereocenters. The third kappa shape index (κ3) is 4.71. The second-order valence-electron chi connectivity index (χ2n) is 5.33. The highest BCUT2D eigenvalue weighted by molar-refractivity contribution is 5.63. The second-order valence-corrected chi connectivity index (χ2v) is 5.33. The number of aromatic nitrogens is 3. The molecule has 0 radical (unpaired) electrons. The van der Waals surface area contributed by atoms with Gasteiger partial charge < -0.3 is 15.7 Å². The Balaban J connectivity index is 1.82. The highest BCUT2D eigenvalue weighted by Gasteiger charge is 2.07. The summed E-state index contributed by atoms with van der Waals surface area (Å²) in [6.45, 7) is 0.843. The number of halogens is 1. The summed E-state index contributed by atoms with van der Waals surface area (Å²) in [5, 5.41) is 15.2. The fourth-order valence-electron chi connectivity index (χ4n) is 2.24. The second kappa shape index (κ2) is 8.16. The van der Waals surface area contributed by atoms with Gasteiger partial charge in [-0.05, 0) is 29.8 Å². The number of nitrogens with zero attached hydrogens (tertiary/aromatic N) is 3. The van der Waals surface area contributed by atoms with Crippen molar-refractivity contribution >= 4 is 11.8 Å². The molecule has 0 aliphatic rings. The number of aliphatic hydroxyl groups is 1. The van der Waals surface area contributed by atoms with E-state index in [1.54, 1.807) is 24.5 Å². The Labute approximate surface area is 144 Å². The number of hydrogen-bond acceptors (Lipinski definition) is 6. The van der Waals surface area contributed by atoms with Gasteiger partial charge in [0.2, 0.25) is 5.95 Å². The Morgan fingerprint density at radius 1 is 1.04 bits per heavy atom. The fraction of sp³-hybridized carbons (Fsp3) is 0.167. The molecule has 0 aliphatic carbocycles. The van der Waals surface area contributed by atoms with Crippen LogP contribution < -0.4 is 10.6 Å². The van der Waals surface area contributed by atoms with Crippen LogP contribution in [0.15, 0.2) is 54.9 Å². The van der Waals surface area contributed by atoms with Gasteiger partial charge in [-0.2, -0.15) is 4.98 Å². The average molecular weight is 339 g/mol. The smallest absolute Gasteiger partial charge is 0.225 e. The highest BCUT2D eigenvalue weighted by atomic mass is 19.1. The van der Waals surface area contributed by atoms with E-state index in [4.69, 9.17) is 5.11 Å². The van der Waals surface area contributed by atoms with Crippen LogP contribution >= 0.6 is 0 Å². The Kier molecular flexibility index (Phi) is 5.48. The minimum atomic E-state index is -0.264. The van der Waals surface area contributed by atoms with E-state index >= 15 is 0 Å². The van der Waals surface area contributed by atoms with Gasteiger partial charge in [-0.1, -0.05) is 12.1 Å². The van der Waals surface area contributed by atoms with Crippen molar-refractivity contribution in [1.82, 2.24) is 15.0 Å². The van der Waals surface area contributed by atoms with Gasteiger partial charge in [0, 0.05) is 37.1 Å². The zero-order chi connectivity index (χ0) is 17.5. The molecule has 2 heterocycles. The quantitative estimate of drug-likeness (QED) is 0.614. The van der Waals surface area contributed by atoms with Gasteiger partial charge in [0.05, 0.1) is 12.3 Å². The van der Waals surface area contributed by atoms with Crippen molar-refractivity contribution in [2.45, 2.75) is 6.54 Å². The molecular weight excluding hydrogens is 321 g/mol. The third-order valence-corrected chi connectivity index (χ3v) is 3.47. The molecule has 1 aromatic carbocycles. The van der Waals surface area contributed by atoms with E-state index in [0.29, 0.717) is 30.5 Å². The maximum atomic E-state index is 13.0. The van der Waals surface area contributed by atoms with Crippen LogP contribution in [0, 0.1) is 5.82 Å². The van der Waals surface area contributed by atoms with Crippen molar-refractivity contribution < 1.29 is 9.50 Å². The van der Waals surface area contributed by atoms with Gasteiger partial charge in [0.25, 0.3) is 0 Å². The molecule has 25 heavy (non-hydrogen) atoms. The number of benzene rings is 1. The van der Waals surface area contributed by atoms with Crippen LogP contribution in [-0.4, -0.2) is 33.2 Å². The topological polar surface area (TPSA) is 83.0 Å². The Morgan fingerprint density at radius 2 is 1.88 bits per heavy atom. The molecule has 3 rings (SSSR count). The van der Waals surface area contributed by atoms with Gasteiger partial charge in [-0.3, -0.25) is 4.98 Å². The molecule has 0 unspecified atom stereocenters. The molecule has 0 amide bonds. The maximum Gasteiger partial charge on any atom is 0.225 e. The highest BCUT2D eigenvalue weighted by Crippen LogP contribution is 2.21. The molecule has 2 aromatic heterocycles. The average Bonchev–Trinajstić information content (AvgIpc) is 2.66. The molecule has 0 bridgehead atoms. The minimum absolute atomic E-state index is 0.0151. The zero-order valence-electron chi connectivity index (χ0n) is 13.5. The van der Waals surface area contributed by atoms with Crippen molar-refractivity contribution in [3.8, 4) is 11.3 Å². The number of nitrogens with one attached hydrogen (secondary N) is 2. The number of rotatable bonds is 7. The van der Waals surface area contributed by atoms with Crippen LogP contribution in [0.4, 0.5) is 16.2 Å². The summed E-state index contributed by atoms with van der Waals surface area (Å²) in [5.74, 6) is 0.774. The van der Waals surface area contributed by atoms with Gasteiger partial charge in [-0.25, -0.2) is 9.37 Å². The SMILES string of the molecule is OCCNc1nc(NCc2ccc(F)cc2)cc(-c2cccnc2)n1. The number of aliphatic hydroxyl groups excluding tert-OH is 1.